The van der Waals surface area contributed by atoms with E-state index in [2.05, 4.69) is 16.7 Å². The van der Waals surface area contributed by atoms with Gasteiger partial charge in [-0.05, 0) is 25.5 Å². The number of thioether (sulfide) groups is 1. The molecule has 1 aliphatic carbocycles. The Kier molecular flexibility index (Phi) is 5.60. The smallest absolute Gasteiger partial charge is 0.306 e. The van der Waals surface area contributed by atoms with Crippen molar-refractivity contribution in [3.05, 3.63) is 22.5 Å². The van der Waals surface area contributed by atoms with E-state index in [9.17, 15) is 14.9 Å². The van der Waals surface area contributed by atoms with Gasteiger partial charge in [0.15, 0.2) is 0 Å². The number of aryl methyl sites for hydroxylation is 1. The van der Waals surface area contributed by atoms with Crippen molar-refractivity contribution in [2.24, 2.45) is 0 Å². The Balaban J connectivity index is 1.75. The van der Waals surface area contributed by atoms with Crippen molar-refractivity contribution in [2.45, 2.75) is 49.9 Å². The molecule has 1 saturated carbocycles. The number of hydrogen-bond donors (Lipinski definition) is 1. The topological polar surface area (TPSA) is 90.1 Å². The predicted octanol–water partition coefficient (Wildman–Crippen LogP) is 1.97. The number of rotatable bonds is 6. The summed E-state index contributed by atoms with van der Waals surface area (Å²) in [5.74, 6) is -0.0140. The molecule has 0 unspecified atom stereocenters. The van der Waals surface area contributed by atoms with Crippen LogP contribution in [0.4, 0.5) is 5.69 Å². The summed E-state index contributed by atoms with van der Waals surface area (Å²) < 4.78 is 1.43. The lowest BCUT2D eigenvalue weighted by Gasteiger charge is -2.28. The second-order valence-corrected chi connectivity index (χ2v) is 6.40. The molecule has 0 aromatic carbocycles. The summed E-state index contributed by atoms with van der Waals surface area (Å²) in [7, 11) is 0. The first-order valence-electron chi connectivity index (χ1n) is 7.07. The molecule has 0 aliphatic heterocycles. The third kappa shape index (κ3) is 4.73. The second kappa shape index (κ2) is 7.44. The van der Waals surface area contributed by atoms with Gasteiger partial charge in [-0.15, -0.1) is 0 Å². The molecule has 21 heavy (non-hydrogen) atoms. The SMILES string of the molecule is CS[C@H]1CCC[C@@H](NC(=O)CCn2cc([N+](=O)[O-])cn2)C1. The van der Waals surface area contributed by atoms with Gasteiger partial charge in [-0.25, -0.2) is 0 Å². The second-order valence-electron chi connectivity index (χ2n) is 5.26. The summed E-state index contributed by atoms with van der Waals surface area (Å²) in [5.41, 5.74) is -0.0505. The third-order valence-corrected chi connectivity index (χ3v) is 4.82. The molecule has 1 aliphatic rings. The van der Waals surface area contributed by atoms with E-state index in [0.29, 0.717) is 18.2 Å². The summed E-state index contributed by atoms with van der Waals surface area (Å²) >= 11 is 1.86. The number of carbonyl (C=O) groups is 1. The van der Waals surface area contributed by atoms with Crippen molar-refractivity contribution in [1.29, 1.82) is 0 Å². The van der Waals surface area contributed by atoms with Crippen LogP contribution in [-0.2, 0) is 11.3 Å². The van der Waals surface area contributed by atoms with Crippen LogP contribution in [0.25, 0.3) is 0 Å². The first kappa shape index (κ1) is 15.8. The van der Waals surface area contributed by atoms with Crippen molar-refractivity contribution in [3.63, 3.8) is 0 Å². The van der Waals surface area contributed by atoms with Crippen molar-refractivity contribution < 1.29 is 9.72 Å². The van der Waals surface area contributed by atoms with E-state index in [0.717, 1.165) is 19.3 Å². The normalized spacial score (nSPS) is 22.0. The zero-order valence-electron chi connectivity index (χ0n) is 12.0. The highest BCUT2D eigenvalue weighted by molar-refractivity contribution is 7.99. The van der Waals surface area contributed by atoms with Crippen molar-refractivity contribution in [3.8, 4) is 0 Å². The minimum atomic E-state index is -0.492. The fourth-order valence-electron chi connectivity index (χ4n) is 2.58. The van der Waals surface area contributed by atoms with Gasteiger partial charge in [0, 0.05) is 24.3 Å². The Morgan fingerprint density at radius 3 is 3.10 bits per heavy atom. The van der Waals surface area contributed by atoms with Crippen LogP contribution in [0.3, 0.4) is 0 Å². The molecule has 1 aromatic rings. The molecule has 7 nitrogen and oxygen atoms in total. The number of hydrogen-bond acceptors (Lipinski definition) is 5. The van der Waals surface area contributed by atoms with Crippen molar-refractivity contribution in [2.75, 3.05) is 6.26 Å². The predicted molar refractivity (Wildman–Crippen MR) is 81.2 cm³/mol. The molecule has 0 radical (unpaired) electrons. The first-order valence-corrected chi connectivity index (χ1v) is 8.36. The molecule has 1 fully saturated rings. The number of carbonyl (C=O) groups excluding carboxylic acids is 1. The standard InChI is InChI=1S/C13H20N4O3S/c1-21-12-4-2-3-10(7-12)15-13(18)5-6-16-9-11(8-14-16)17(19)20/h8-10,12H,2-7H2,1H3,(H,15,18)/t10-,12+/m1/s1. The quantitative estimate of drug-likeness (QED) is 0.640. The lowest BCUT2D eigenvalue weighted by molar-refractivity contribution is -0.385. The van der Waals surface area contributed by atoms with E-state index in [4.69, 9.17) is 0 Å². The monoisotopic (exact) mass is 312 g/mol. The Morgan fingerprint density at radius 1 is 1.62 bits per heavy atom. The Bertz CT molecular complexity index is 505. The maximum absolute atomic E-state index is 11.9. The molecule has 116 valence electrons. The number of aromatic nitrogens is 2. The molecular formula is C13H20N4O3S. The van der Waals surface area contributed by atoms with E-state index >= 15 is 0 Å². The molecule has 1 aromatic heterocycles. The molecule has 2 atom stereocenters. The number of nitrogens with one attached hydrogen (secondary N) is 1. The van der Waals surface area contributed by atoms with Crippen LogP contribution < -0.4 is 5.32 Å². The Labute approximate surface area is 127 Å². The molecule has 2 rings (SSSR count). The van der Waals surface area contributed by atoms with Gasteiger partial charge >= 0.3 is 5.69 Å². The van der Waals surface area contributed by atoms with Crippen LogP contribution in [0.2, 0.25) is 0 Å². The highest BCUT2D eigenvalue weighted by Gasteiger charge is 2.22. The average Bonchev–Trinajstić information content (AvgIpc) is 2.94. The van der Waals surface area contributed by atoms with Crippen LogP contribution in [0, 0.1) is 10.1 Å². The van der Waals surface area contributed by atoms with E-state index in [1.807, 2.05) is 11.8 Å². The van der Waals surface area contributed by atoms with Crippen LogP contribution in [-0.4, -0.2) is 38.2 Å². The lowest BCUT2D eigenvalue weighted by atomic mass is 9.95. The molecular weight excluding hydrogens is 292 g/mol. The summed E-state index contributed by atoms with van der Waals surface area (Å²) in [6.45, 7) is 0.359. The summed E-state index contributed by atoms with van der Waals surface area (Å²) in [6.07, 6.45) is 9.39. The van der Waals surface area contributed by atoms with E-state index in [1.165, 1.54) is 23.5 Å². The molecule has 1 amide bonds. The highest BCUT2D eigenvalue weighted by atomic mass is 32.2. The summed E-state index contributed by atoms with van der Waals surface area (Å²) in [5, 5.41) is 18.1. The number of nitro groups is 1. The maximum Gasteiger partial charge on any atom is 0.306 e. The fourth-order valence-corrected chi connectivity index (χ4v) is 3.40. The highest BCUT2D eigenvalue weighted by Crippen LogP contribution is 2.26. The van der Waals surface area contributed by atoms with Crippen LogP contribution in [0.5, 0.6) is 0 Å². The van der Waals surface area contributed by atoms with Crippen molar-refractivity contribution >= 4 is 23.4 Å². The van der Waals surface area contributed by atoms with Gasteiger partial charge < -0.3 is 5.32 Å². The largest absolute Gasteiger partial charge is 0.353 e. The maximum atomic E-state index is 11.9. The van der Waals surface area contributed by atoms with Gasteiger partial charge in [-0.2, -0.15) is 16.9 Å². The first-order chi connectivity index (χ1) is 10.1. The fraction of sp³-hybridized carbons (Fsp3) is 0.692. The number of nitrogens with zero attached hydrogens (tertiary/aromatic N) is 3. The van der Waals surface area contributed by atoms with Crippen LogP contribution in [0.1, 0.15) is 32.1 Å². The summed E-state index contributed by atoms with van der Waals surface area (Å²) in [4.78, 5) is 22.0. The van der Waals surface area contributed by atoms with Gasteiger partial charge in [0.25, 0.3) is 0 Å². The van der Waals surface area contributed by atoms with Gasteiger partial charge in [-0.1, -0.05) is 6.42 Å². The molecule has 0 bridgehead atoms. The Hall–Kier alpha value is -1.57. The van der Waals surface area contributed by atoms with E-state index in [1.54, 1.807) is 0 Å². The molecule has 0 saturated heterocycles. The average molecular weight is 312 g/mol. The van der Waals surface area contributed by atoms with Gasteiger partial charge in [0.05, 0.1) is 4.92 Å². The third-order valence-electron chi connectivity index (χ3n) is 3.72. The Morgan fingerprint density at radius 2 is 2.43 bits per heavy atom. The molecule has 1 N–H and O–H groups in total. The minimum absolute atomic E-state index is 0.0140. The van der Waals surface area contributed by atoms with Gasteiger partial charge in [-0.3, -0.25) is 19.6 Å². The van der Waals surface area contributed by atoms with E-state index < -0.39 is 4.92 Å². The zero-order chi connectivity index (χ0) is 15.2. The van der Waals surface area contributed by atoms with Crippen molar-refractivity contribution in [1.82, 2.24) is 15.1 Å². The zero-order valence-corrected chi connectivity index (χ0v) is 12.8. The van der Waals surface area contributed by atoms with E-state index in [-0.39, 0.29) is 17.6 Å². The van der Waals surface area contributed by atoms with Gasteiger partial charge in [0.1, 0.15) is 12.4 Å². The summed E-state index contributed by atoms with van der Waals surface area (Å²) in [6, 6.07) is 0.260. The lowest BCUT2D eigenvalue weighted by Crippen LogP contribution is -2.39. The molecule has 0 spiro atoms. The number of amides is 1. The van der Waals surface area contributed by atoms with Gasteiger partial charge in [0.2, 0.25) is 5.91 Å². The molecule has 8 heteroatoms. The molecule has 1 heterocycles. The van der Waals surface area contributed by atoms with Crippen LogP contribution >= 0.6 is 11.8 Å². The minimum Gasteiger partial charge on any atom is -0.353 e. The van der Waals surface area contributed by atoms with Crippen LogP contribution in [0.15, 0.2) is 12.4 Å².